The Morgan fingerprint density at radius 2 is 2.05 bits per heavy atom. The van der Waals surface area contributed by atoms with E-state index >= 15 is 0 Å². The number of carbonyl (C=O) groups is 2. The van der Waals surface area contributed by atoms with Crippen molar-refractivity contribution in [3.8, 4) is 0 Å². The minimum Gasteiger partial charge on any atom is -0.392 e. The zero-order chi connectivity index (χ0) is 15.4. The maximum atomic E-state index is 12.3. The summed E-state index contributed by atoms with van der Waals surface area (Å²) in [5, 5.41) is 12.3. The highest BCUT2D eigenvalue weighted by molar-refractivity contribution is 6.30. The topological polar surface area (TPSA) is 72.9 Å². The van der Waals surface area contributed by atoms with Gasteiger partial charge in [-0.25, -0.2) is 4.79 Å². The molecule has 114 valence electrons. The Labute approximate surface area is 128 Å². The molecule has 1 atom stereocenters. The van der Waals surface area contributed by atoms with Crippen LogP contribution in [0.5, 0.6) is 0 Å². The number of hydrogen-bond donors (Lipinski definition) is 2. The molecule has 0 spiro atoms. The maximum absolute atomic E-state index is 12.3. The number of urea groups is 1. The highest BCUT2D eigenvalue weighted by Gasteiger charge is 2.30. The zero-order valence-electron chi connectivity index (χ0n) is 11.8. The molecule has 1 aromatic rings. The van der Waals surface area contributed by atoms with E-state index in [-0.39, 0.29) is 25.0 Å². The number of carbonyl (C=O) groups excluding carboxylic acids is 2. The van der Waals surface area contributed by atoms with Gasteiger partial charge >= 0.3 is 6.03 Å². The minimum absolute atomic E-state index is 0.00432. The van der Waals surface area contributed by atoms with Gasteiger partial charge in [-0.15, -0.1) is 0 Å². The zero-order valence-corrected chi connectivity index (χ0v) is 12.5. The van der Waals surface area contributed by atoms with E-state index in [1.807, 2.05) is 0 Å². The molecule has 1 unspecified atom stereocenters. The summed E-state index contributed by atoms with van der Waals surface area (Å²) in [5.74, 6) is -0.276. The molecule has 0 bridgehead atoms. The van der Waals surface area contributed by atoms with E-state index in [1.54, 1.807) is 36.1 Å². The van der Waals surface area contributed by atoms with Crippen LogP contribution < -0.4 is 10.2 Å². The van der Waals surface area contributed by atoms with Crippen LogP contribution in [0.4, 0.5) is 10.5 Å². The molecule has 0 aromatic heterocycles. The van der Waals surface area contributed by atoms with Crippen molar-refractivity contribution >= 4 is 29.2 Å². The Bertz CT molecular complexity index is 519. The lowest BCUT2D eigenvalue weighted by Gasteiger charge is -2.18. The van der Waals surface area contributed by atoms with Gasteiger partial charge in [0.1, 0.15) is 6.54 Å². The van der Waals surface area contributed by atoms with Gasteiger partial charge in [-0.1, -0.05) is 11.6 Å². The Balaban J connectivity index is 1.92. The maximum Gasteiger partial charge on any atom is 0.325 e. The predicted molar refractivity (Wildman–Crippen MR) is 80.5 cm³/mol. The molecule has 6 nitrogen and oxygen atoms in total. The quantitative estimate of drug-likeness (QED) is 0.854. The normalized spacial score (nSPS) is 16.2. The number of halogens is 1. The van der Waals surface area contributed by atoms with Crippen LogP contribution in [0.1, 0.15) is 6.92 Å². The van der Waals surface area contributed by atoms with Gasteiger partial charge in [0, 0.05) is 30.3 Å². The molecule has 0 saturated carbocycles. The Hall–Kier alpha value is -1.79. The third kappa shape index (κ3) is 4.09. The van der Waals surface area contributed by atoms with Gasteiger partial charge in [-0.05, 0) is 31.2 Å². The van der Waals surface area contributed by atoms with Crippen LogP contribution in [0.3, 0.4) is 0 Å². The molecule has 1 saturated heterocycles. The molecule has 1 aliphatic rings. The fraction of sp³-hybridized carbons (Fsp3) is 0.429. The molecule has 7 heteroatoms. The first-order valence-electron chi connectivity index (χ1n) is 6.74. The smallest absolute Gasteiger partial charge is 0.325 e. The van der Waals surface area contributed by atoms with Crippen molar-refractivity contribution in [2.45, 2.75) is 13.0 Å². The summed E-state index contributed by atoms with van der Waals surface area (Å²) in [6.45, 7) is 2.79. The third-order valence-electron chi connectivity index (χ3n) is 3.16. The molecule has 1 aliphatic heterocycles. The predicted octanol–water partition coefficient (Wildman–Crippen LogP) is 1.08. The lowest BCUT2D eigenvalue weighted by atomic mass is 10.3. The van der Waals surface area contributed by atoms with Crippen LogP contribution in [0.25, 0.3) is 0 Å². The largest absolute Gasteiger partial charge is 0.392 e. The number of nitrogens with zero attached hydrogens (tertiary/aromatic N) is 2. The van der Waals surface area contributed by atoms with E-state index in [1.165, 1.54) is 4.90 Å². The Morgan fingerprint density at radius 3 is 2.67 bits per heavy atom. The summed E-state index contributed by atoms with van der Waals surface area (Å²) < 4.78 is 0. The van der Waals surface area contributed by atoms with Crippen molar-refractivity contribution < 1.29 is 14.7 Å². The van der Waals surface area contributed by atoms with Crippen LogP contribution in [0.15, 0.2) is 24.3 Å². The SMILES string of the molecule is CC(O)CNC(=O)CN1CCN(c2ccc(Cl)cc2)C1=O. The van der Waals surface area contributed by atoms with Gasteiger partial charge in [-0.3, -0.25) is 9.69 Å². The second-order valence-electron chi connectivity index (χ2n) is 4.99. The Kier molecular flexibility index (Phi) is 5.03. The molecule has 21 heavy (non-hydrogen) atoms. The molecule has 3 amide bonds. The number of benzene rings is 1. The minimum atomic E-state index is -0.603. The van der Waals surface area contributed by atoms with Gasteiger partial charge in [0.05, 0.1) is 6.10 Å². The summed E-state index contributed by atoms with van der Waals surface area (Å²) in [4.78, 5) is 27.0. The van der Waals surface area contributed by atoms with Crippen LogP contribution in [0, 0.1) is 0 Å². The summed E-state index contributed by atoms with van der Waals surface area (Å²) in [6.07, 6.45) is -0.603. The van der Waals surface area contributed by atoms with E-state index in [0.29, 0.717) is 18.1 Å². The molecule has 1 heterocycles. The molecule has 1 fully saturated rings. The average Bonchev–Trinajstić information content (AvgIpc) is 2.79. The molecular formula is C14H18ClN3O3. The number of anilines is 1. The monoisotopic (exact) mass is 311 g/mol. The second kappa shape index (κ2) is 6.78. The fourth-order valence-corrected chi connectivity index (χ4v) is 2.21. The summed E-state index contributed by atoms with van der Waals surface area (Å²) in [7, 11) is 0. The van der Waals surface area contributed by atoms with Crippen LogP contribution >= 0.6 is 11.6 Å². The van der Waals surface area contributed by atoms with E-state index < -0.39 is 6.10 Å². The van der Waals surface area contributed by atoms with Crippen molar-refractivity contribution in [1.29, 1.82) is 0 Å². The summed E-state index contributed by atoms with van der Waals surface area (Å²) >= 11 is 5.83. The molecule has 0 radical (unpaired) electrons. The van der Waals surface area contributed by atoms with Crippen molar-refractivity contribution in [2.24, 2.45) is 0 Å². The first-order valence-corrected chi connectivity index (χ1v) is 7.12. The highest BCUT2D eigenvalue weighted by Crippen LogP contribution is 2.22. The number of aliphatic hydroxyl groups is 1. The molecule has 2 rings (SSSR count). The van der Waals surface area contributed by atoms with E-state index in [9.17, 15) is 9.59 Å². The van der Waals surface area contributed by atoms with E-state index in [0.717, 1.165) is 5.69 Å². The van der Waals surface area contributed by atoms with Crippen molar-refractivity contribution in [1.82, 2.24) is 10.2 Å². The average molecular weight is 312 g/mol. The van der Waals surface area contributed by atoms with Gasteiger partial charge < -0.3 is 15.3 Å². The molecule has 0 aliphatic carbocycles. The van der Waals surface area contributed by atoms with Crippen molar-refractivity contribution in [3.63, 3.8) is 0 Å². The van der Waals surface area contributed by atoms with Gasteiger partial charge in [0.2, 0.25) is 5.91 Å². The van der Waals surface area contributed by atoms with Gasteiger partial charge in [-0.2, -0.15) is 0 Å². The molecular weight excluding hydrogens is 294 g/mol. The first-order chi connectivity index (χ1) is 9.97. The standard InChI is InChI=1S/C14H18ClN3O3/c1-10(19)8-16-13(20)9-17-6-7-18(14(17)21)12-4-2-11(15)3-5-12/h2-5,10,19H,6-9H2,1H3,(H,16,20). The first kappa shape index (κ1) is 15.6. The summed E-state index contributed by atoms with van der Waals surface area (Å²) in [6, 6.07) is 6.79. The number of hydrogen-bond acceptors (Lipinski definition) is 3. The number of rotatable bonds is 5. The lowest BCUT2D eigenvalue weighted by molar-refractivity contribution is -0.121. The molecule has 2 N–H and O–H groups in total. The number of aliphatic hydroxyl groups excluding tert-OH is 1. The van der Waals surface area contributed by atoms with E-state index in [2.05, 4.69) is 5.32 Å². The van der Waals surface area contributed by atoms with Crippen molar-refractivity contribution in [3.05, 3.63) is 29.3 Å². The van der Waals surface area contributed by atoms with Gasteiger partial charge in [0.15, 0.2) is 0 Å². The van der Waals surface area contributed by atoms with Crippen LogP contribution in [0.2, 0.25) is 5.02 Å². The van der Waals surface area contributed by atoms with Gasteiger partial charge in [0.25, 0.3) is 0 Å². The second-order valence-corrected chi connectivity index (χ2v) is 5.42. The number of nitrogens with one attached hydrogen (secondary N) is 1. The fourth-order valence-electron chi connectivity index (χ4n) is 2.08. The van der Waals surface area contributed by atoms with Crippen molar-refractivity contribution in [2.75, 3.05) is 31.1 Å². The number of amides is 3. The van der Waals surface area contributed by atoms with E-state index in [4.69, 9.17) is 16.7 Å². The summed E-state index contributed by atoms with van der Waals surface area (Å²) in [5.41, 5.74) is 0.760. The van der Waals surface area contributed by atoms with Crippen LogP contribution in [-0.2, 0) is 4.79 Å². The Morgan fingerprint density at radius 1 is 1.38 bits per heavy atom. The third-order valence-corrected chi connectivity index (χ3v) is 3.41. The van der Waals surface area contributed by atoms with Crippen LogP contribution in [-0.4, -0.2) is 54.2 Å². The highest BCUT2D eigenvalue weighted by atomic mass is 35.5. The lowest BCUT2D eigenvalue weighted by Crippen LogP contribution is -2.41. The molecule has 1 aromatic carbocycles.